The molecule has 5 heteroatoms. The largest absolute Gasteiger partial charge is 0.478 e. The van der Waals surface area contributed by atoms with Crippen LogP contribution in [0.3, 0.4) is 0 Å². The summed E-state index contributed by atoms with van der Waals surface area (Å²) in [7, 11) is 0. The number of hydrogen-bond acceptors (Lipinski definition) is 4. The van der Waals surface area contributed by atoms with Gasteiger partial charge in [-0.15, -0.1) is 0 Å². The van der Waals surface area contributed by atoms with Crippen molar-refractivity contribution >= 4 is 11.8 Å². The fourth-order valence-corrected chi connectivity index (χ4v) is 1.66. The van der Waals surface area contributed by atoms with Crippen molar-refractivity contribution in [3.05, 3.63) is 53.0 Å². The predicted octanol–water partition coefficient (Wildman–Crippen LogP) is 2.40. The van der Waals surface area contributed by atoms with E-state index in [4.69, 9.17) is 5.11 Å². The molecule has 19 heavy (non-hydrogen) atoms. The van der Waals surface area contributed by atoms with Crippen LogP contribution in [0.25, 0.3) is 0 Å². The molecule has 0 unspecified atom stereocenters. The number of anilines is 1. The first kappa shape index (κ1) is 13.0. The summed E-state index contributed by atoms with van der Waals surface area (Å²) < 4.78 is 0. The molecule has 2 aromatic rings. The van der Waals surface area contributed by atoms with Crippen LogP contribution < -0.4 is 5.32 Å². The van der Waals surface area contributed by atoms with Gasteiger partial charge in [0.05, 0.1) is 17.0 Å². The Morgan fingerprint density at radius 2 is 1.95 bits per heavy atom. The molecular formula is C14H15N3O2. The molecule has 0 fully saturated rings. The van der Waals surface area contributed by atoms with Gasteiger partial charge in [-0.25, -0.2) is 9.78 Å². The summed E-state index contributed by atoms with van der Waals surface area (Å²) >= 11 is 0. The zero-order chi connectivity index (χ0) is 13.8. The number of aryl methyl sites for hydroxylation is 2. The van der Waals surface area contributed by atoms with E-state index in [1.165, 1.54) is 0 Å². The van der Waals surface area contributed by atoms with Crippen molar-refractivity contribution in [3.8, 4) is 0 Å². The number of carboxylic acid groups (broad SMARTS) is 1. The Morgan fingerprint density at radius 1 is 1.26 bits per heavy atom. The molecule has 0 saturated carbocycles. The highest BCUT2D eigenvalue weighted by molar-refractivity contribution is 5.87. The summed E-state index contributed by atoms with van der Waals surface area (Å²) in [6, 6.07) is 6.76. The Balaban J connectivity index is 2.06. The maximum Gasteiger partial charge on any atom is 0.335 e. The summed E-state index contributed by atoms with van der Waals surface area (Å²) in [5, 5.41) is 12.0. The third kappa shape index (κ3) is 3.28. The van der Waals surface area contributed by atoms with Gasteiger partial charge in [0.15, 0.2) is 0 Å². The van der Waals surface area contributed by atoms with Crippen LogP contribution in [-0.4, -0.2) is 21.0 Å². The van der Waals surface area contributed by atoms with Crippen LogP contribution in [0, 0.1) is 13.8 Å². The van der Waals surface area contributed by atoms with Gasteiger partial charge >= 0.3 is 5.97 Å². The summed E-state index contributed by atoms with van der Waals surface area (Å²) in [4.78, 5) is 19.3. The van der Waals surface area contributed by atoms with E-state index >= 15 is 0 Å². The molecule has 2 rings (SSSR count). The zero-order valence-corrected chi connectivity index (χ0v) is 10.8. The number of hydrogen-bond donors (Lipinski definition) is 2. The number of aromatic carboxylic acids is 1. The van der Waals surface area contributed by atoms with Gasteiger partial charge in [-0.05, 0) is 31.5 Å². The van der Waals surface area contributed by atoms with Crippen molar-refractivity contribution in [2.24, 2.45) is 0 Å². The third-order valence-electron chi connectivity index (χ3n) is 2.74. The lowest BCUT2D eigenvalue weighted by molar-refractivity contribution is 0.0697. The first-order valence-corrected chi connectivity index (χ1v) is 5.92. The van der Waals surface area contributed by atoms with Crippen LogP contribution in [0.5, 0.6) is 0 Å². The summed E-state index contributed by atoms with van der Waals surface area (Å²) in [6.45, 7) is 4.36. The van der Waals surface area contributed by atoms with Crippen molar-refractivity contribution in [1.29, 1.82) is 0 Å². The molecule has 1 aromatic carbocycles. The number of nitrogens with one attached hydrogen (secondary N) is 1. The maximum atomic E-state index is 10.7. The van der Waals surface area contributed by atoms with Crippen molar-refractivity contribution in [3.63, 3.8) is 0 Å². The molecule has 98 valence electrons. The molecule has 0 spiro atoms. The fourth-order valence-electron chi connectivity index (χ4n) is 1.66. The second-order valence-electron chi connectivity index (χ2n) is 4.30. The van der Waals surface area contributed by atoms with E-state index in [1.54, 1.807) is 30.5 Å². The number of carbonyl (C=O) groups is 1. The molecule has 0 atom stereocenters. The SMILES string of the molecule is Cc1cnc(C)c(NCc2ccc(C(=O)O)cc2)n1. The second-order valence-corrected chi connectivity index (χ2v) is 4.30. The Bertz CT molecular complexity index is 594. The smallest absolute Gasteiger partial charge is 0.335 e. The summed E-state index contributed by atoms with van der Waals surface area (Å²) in [5.41, 5.74) is 2.98. The quantitative estimate of drug-likeness (QED) is 0.879. The lowest BCUT2D eigenvalue weighted by Gasteiger charge is -2.08. The lowest BCUT2D eigenvalue weighted by atomic mass is 10.1. The molecule has 5 nitrogen and oxygen atoms in total. The first-order chi connectivity index (χ1) is 9.06. The van der Waals surface area contributed by atoms with Crippen LogP contribution in [0.1, 0.15) is 27.3 Å². The van der Waals surface area contributed by atoms with Gasteiger partial charge in [0.2, 0.25) is 0 Å². The van der Waals surface area contributed by atoms with Gasteiger partial charge in [0.25, 0.3) is 0 Å². The molecule has 1 aromatic heterocycles. The minimum Gasteiger partial charge on any atom is -0.478 e. The highest BCUT2D eigenvalue weighted by atomic mass is 16.4. The third-order valence-corrected chi connectivity index (χ3v) is 2.74. The van der Waals surface area contributed by atoms with E-state index in [-0.39, 0.29) is 5.56 Å². The summed E-state index contributed by atoms with van der Waals surface area (Å²) in [5.74, 6) is -0.165. The van der Waals surface area contributed by atoms with Gasteiger partial charge in [-0.3, -0.25) is 4.98 Å². The molecule has 1 heterocycles. The number of benzene rings is 1. The molecule has 0 aliphatic rings. The van der Waals surface area contributed by atoms with E-state index < -0.39 is 5.97 Å². The van der Waals surface area contributed by atoms with E-state index in [9.17, 15) is 4.79 Å². The maximum absolute atomic E-state index is 10.7. The highest BCUT2D eigenvalue weighted by Gasteiger charge is 2.04. The van der Waals surface area contributed by atoms with Crippen molar-refractivity contribution < 1.29 is 9.90 Å². The molecule has 0 aliphatic carbocycles. The minimum absolute atomic E-state index is 0.287. The molecule has 0 amide bonds. The number of aromatic nitrogens is 2. The molecule has 2 N–H and O–H groups in total. The van der Waals surface area contributed by atoms with E-state index in [1.807, 2.05) is 13.8 Å². The van der Waals surface area contributed by atoms with Gasteiger partial charge in [0, 0.05) is 12.7 Å². The number of carboxylic acids is 1. The van der Waals surface area contributed by atoms with Crippen molar-refractivity contribution in [2.75, 3.05) is 5.32 Å². The average Bonchev–Trinajstić information content (AvgIpc) is 2.40. The molecule has 0 radical (unpaired) electrons. The molecule has 0 bridgehead atoms. The van der Waals surface area contributed by atoms with E-state index in [0.29, 0.717) is 6.54 Å². The Morgan fingerprint density at radius 3 is 2.58 bits per heavy atom. The topological polar surface area (TPSA) is 75.1 Å². The van der Waals surface area contributed by atoms with Crippen molar-refractivity contribution in [1.82, 2.24) is 9.97 Å². The van der Waals surface area contributed by atoms with Gasteiger partial charge in [0.1, 0.15) is 5.82 Å². The monoisotopic (exact) mass is 257 g/mol. The highest BCUT2D eigenvalue weighted by Crippen LogP contribution is 2.11. The minimum atomic E-state index is -0.917. The fraction of sp³-hybridized carbons (Fsp3) is 0.214. The van der Waals surface area contributed by atoms with Gasteiger partial charge in [-0.2, -0.15) is 0 Å². The average molecular weight is 257 g/mol. The predicted molar refractivity (Wildman–Crippen MR) is 72.2 cm³/mol. The second kappa shape index (κ2) is 5.48. The lowest BCUT2D eigenvalue weighted by Crippen LogP contribution is -2.05. The Labute approximate surface area is 111 Å². The number of rotatable bonds is 4. The van der Waals surface area contributed by atoms with Crippen LogP contribution in [0.4, 0.5) is 5.82 Å². The molecule has 0 aliphatic heterocycles. The Kier molecular flexibility index (Phi) is 3.75. The van der Waals surface area contributed by atoms with E-state index in [0.717, 1.165) is 22.8 Å². The van der Waals surface area contributed by atoms with Gasteiger partial charge in [-0.1, -0.05) is 12.1 Å². The number of nitrogens with zero attached hydrogens (tertiary/aromatic N) is 2. The van der Waals surface area contributed by atoms with Crippen LogP contribution in [0.2, 0.25) is 0 Å². The van der Waals surface area contributed by atoms with E-state index in [2.05, 4.69) is 15.3 Å². The van der Waals surface area contributed by atoms with Crippen molar-refractivity contribution in [2.45, 2.75) is 20.4 Å². The summed E-state index contributed by atoms with van der Waals surface area (Å²) in [6.07, 6.45) is 1.72. The standard InChI is InChI=1S/C14H15N3O2/c1-9-7-15-10(2)13(17-9)16-8-11-3-5-12(6-4-11)14(18)19/h3-7H,8H2,1-2H3,(H,16,17)(H,18,19). The molecule has 0 saturated heterocycles. The Hall–Kier alpha value is -2.43. The normalized spacial score (nSPS) is 10.2. The first-order valence-electron chi connectivity index (χ1n) is 5.92. The van der Waals surface area contributed by atoms with Crippen LogP contribution >= 0.6 is 0 Å². The molecular weight excluding hydrogens is 242 g/mol. The van der Waals surface area contributed by atoms with Crippen LogP contribution in [0.15, 0.2) is 30.5 Å². The van der Waals surface area contributed by atoms with Crippen LogP contribution in [-0.2, 0) is 6.54 Å². The zero-order valence-electron chi connectivity index (χ0n) is 10.8. The van der Waals surface area contributed by atoms with Gasteiger partial charge < -0.3 is 10.4 Å².